The first-order valence-corrected chi connectivity index (χ1v) is 5.66. The summed E-state index contributed by atoms with van der Waals surface area (Å²) in [6, 6.07) is 4.86. The van der Waals surface area contributed by atoms with Crippen LogP contribution in [0.25, 0.3) is 0 Å². The number of likely N-dealkylation sites (N-methyl/N-ethyl adjacent to an activating group) is 1. The van der Waals surface area contributed by atoms with Gasteiger partial charge in [-0.25, -0.2) is 0 Å². The number of carbonyl (C=O) groups excluding carboxylic acids is 2. The van der Waals surface area contributed by atoms with Crippen LogP contribution >= 0.6 is 11.6 Å². The van der Waals surface area contributed by atoms with Crippen molar-refractivity contribution in [2.24, 2.45) is 0 Å². The van der Waals surface area contributed by atoms with E-state index in [9.17, 15) is 9.59 Å². The Hall–Kier alpha value is -1.55. The van der Waals surface area contributed by atoms with E-state index in [1.165, 1.54) is 0 Å². The van der Waals surface area contributed by atoms with E-state index in [2.05, 4.69) is 5.32 Å². The smallest absolute Gasteiger partial charge is 0.260 e. The number of benzene rings is 1. The lowest BCUT2D eigenvalue weighted by Crippen LogP contribution is -2.36. The van der Waals surface area contributed by atoms with Gasteiger partial charge in [0.15, 0.2) is 12.4 Å². The predicted octanol–water partition coefficient (Wildman–Crippen LogP) is 2.06. The third-order valence-electron chi connectivity index (χ3n) is 2.15. The van der Waals surface area contributed by atoms with Gasteiger partial charge in [-0.3, -0.25) is 9.59 Å². The SMILES string of the molecule is CCNC(=O)C(C)Oc1cccc(Cl)c1C=O. The maximum absolute atomic E-state index is 11.5. The van der Waals surface area contributed by atoms with Crippen LogP contribution in [0.5, 0.6) is 5.75 Å². The van der Waals surface area contributed by atoms with Gasteiger partial charge in [-0.2, -0.15) is 0 Å². The highest BCUT2D eigenvalue weighted by Crippen LogP contribution is 2.25. The number of rotatable bonds is 5. The first-order chi connectivity index (χ1) is 8.10. The summed E-state index contributed by atoms with van der Waals surface area (Å²) in [5.41, 5.74) is 0.255. The summed E-state index contributed by atoms with van der Waals surface area (Å²) in [6.45, 7) is 3.96. The molecule has 1 aromatic rings. The fourth-order valence-electron chi connectivity index (χ4n) is 1.30. The van der Waals surface area contributed by atoms with Gasteiger partial charge in [0, 0.05) is 6.54 Å². The quantitative estimate of drug-likeness (QED) is 0.820. The summed E-state index contributed by atoms with van der Waals surface area (Å²) >= 11 is 5.84. The third-order valence-corrected chi connectivity index (χ3v) is 2.48. The molecule has 92 valence electrons. The van der Waals surface area contributed by atoms with E-state index in [-0.39, 0.29) is 11.5 Å². The molecule has 1 N–H and O–H groups in total. The second kappa shape index (κ2) is 6.25. The minimum Gasteiger partial charge on any atom is -0.480 e. The van der Waals surface area contributed by atoms with Crippen LogP contribution < -0.4 is 10.1 Å². The summed E-state index contributed by atoms with van der Waals surface area (Å²) in [7, 11) is 0. The van der Waals surface area contributed by atoms with Crippen molar-refractivity contribution in [3.8, 4) is 5.75 Å². The molecule has 1 rings (SSSR count). The third kappa shape index (κ3) is 3.46. The Kier molecular flexibility index (Phi) is 4.97. The number of halogens is 1. The number of hydrogen-bond acceptors (Lipinski definition) is 3. The molecule has 0 aliphatic rings. The molecule has 1 atom stereocenters. The number of nitrogens with one attached hydrogen (secondary N) is 1. The zero-order chi connectivity index (χ0) is 12.8. The summed E-state index contributed by atoms with van der Waals surface area (Å²) in [5, 5.41) is 2.94. The average Bonchev–Trinajstić information content (AvgIpc) is 2.29. The molecule has 0 bridgehead atoms. The van der Waals surface area contributed by atoms with Gasteiger partial charge in [0.25, 0.3) is 5.91 Å². The van der Waals surface area contributed by atoms with Crippen LogP contribution in [0.15, 0.2) is 18.2 Å². The van der Waals surface area contributed by atoms with Crippen LogP contribution in [-0.4, -0.2) is 24.8 Å². The number of carbonyl (C=O) groups is 2. The molecule has 0 aliphatic carbocycles. The van der Waals surface area contributed by atoms with Gasteiger partial charge < -0.3 is 10.1 Å². The van der Waals surface area contributed by atoms with Crippen molar-refractivity contribution in [2.45, 2.75) is 20.0 Å². The molecule has 0 saturated carbocycles. The van der Waals surface area contributed by atoms with Gasteiger partial charge in [-0.1, -0.05) is 17.7 Å². The van der Waals surface area contributed by atoms with Gasteiger partial charge >= 0.3 is 0 Å². The fraction of sp³-hybridized carbons (Fsp3) is 0.333. The van der Waals surface area contributed by atoms with Crippen LogP contribution in [0.4, 0.5) is 0 Å². The van der Waals surface area contributed by atoms with E-state index in [1.54, 1.807) is 25.1 Å². The van der Waals surface area contributed by atoms with Crippen LogP contribution in [-0.2, 0) is 4.79 Å². The summed E-state index contributed by atoms with van der Waals surface area (Å²) in [5.74, 6) is 0.0792. The highest BCUT2D eigenvalue weighted by atomic mass is 35.5. The maximum Gasteiger partial charge on any atom is 0.260 e. The van der Waals surface area contributed by atoms with Crippen LogP contribution in [0.3, 0.4) is 0 Å². The molecule has 0 aliphatic heterocycles. The van der Waals surface area contributed by atoms with Gasteiger partial charge in [-0.05, 0) is 26.0 Å². The molecule has 1 unspecified atom stereocenters. The minimum atomic E-state index is -0.674. The monoisotopic (exact) mass is 255 g/mol. The van der Waals surface area contributed by atoms with Crippen molar-refractivity contribution in [2.75, 3.05) is 6.54 Å². The van der Waals surface area contributed by atoms with Crippen molar-refractivity contribution >= 4 is 23.8 Å². The molecule has 0 heterocycles. The summed E-state index contributed by atoms with van der Waals surface area (Å²) < 4.78 is 5.40. The number of ether oxygens (including phenoxy) is 1. The normalized spacial score (nSPS) is 11.7. The topological polar surface area (TPSA) is 55.4 Å². The molecule has 0 saturated heterocycles. The van der Waals surface area contributed by atoms with Crippen molar-refractivity contribution < 1.29 is 14.3 Å². The van der Waals surface area contributed by atoms with E-state index in [0.717, 1.165) is 0 Å². The average molecular weight is 256 g/mol. The molecule has 17 heavy (non-hydrogen) atoms. The Morgan fingerprint density at radius 2 is 2.29 bits per heavy atom. The van der Waals surface area contributed by atoms with Gasteiger partial charge in [0.2, 0.25) is 0 Å². The molecule has 0 aromatic heterocycles. The van der Waals surface area contributed by atoms with Crippen molar-refractivity contribution in [3.63, 3.8) is 0 Å². The fourth-order valence-corrected chi connectivity index (χ4v) is 1.51. The molecule has 1 aromatic carbocycles. The second-order valence-electron chi connectivity index (χ2n) is 3.42. The molecular formula is C12H14ClNO3. The van der Waals surface area contributed by atoms with E-state index >= 15 is 0 Å². The van der Waals surface area contributed by atoms with E-state index < -0.39 is 6.10 Å². The highest BCUT2D eigenvalue weighted by Gasteiger charge is 2.16. The largest absolute Gasteiger partial charge is 0.480 e. The van der Waals surface area contributed by atoms with Crippen LogP contribution in [0.2, 0.25) is 5.02 Å². The Morgan fingerprint density at radius 1 is 1.59 bits per heavy atom. The lowest BCUT2D eigenvalue weighted by atomic mass is 10.2. The standard InChI is InChI=1S/C12H14ClNO3/c1-3-14-12(16)8(2)17-11-6-4-5-10(13)9(11)7-15/h4-8H,3H2,1-2H3,(H,14,16). The first kappa shape index (κ1) is 13.5. The van der Waals surface area contributed by atoms with Crippen molar-refractivity contribution in [3.05, 3.63) is 28.8 Å². The molecule has 5 heteroatoms. The van der Waals surface area contributed by atoms with E-state index in [4.69, 9.17) is 16.3 Å². The number of amides is 1. The highest BCUT2D eigenvalue weighted by molar-refractivity contribution is 6.33. The zero-order valence-corrected chi connectivity index (χ0v) is 10.5. The number of hydrogen-bond donors (Lipinski definition) is 1. The summed E-state index contributed by atoms with van der Waals surface area (Å²) in [6.07, 6.45) is -0.0608. The maximum atomic E-state index is 11.5. The van der Waals surface area contributed by atoms with Gasteiger partial charge in [-0.15, -0.1) is 0 Å². The lowest BCUT2D eigenvalue weighted by Gasteiger charge is -2.15. The first-order valence-electron chi connectivity index (χ1n) is 5.28. The predicted molar refractivity (Wildman–Crippen MR) is 65.6 cm³/mol. The van der Waals surface area contributed by atoms with Crippen LogP contribution in [0, 0.1) is 0 Å². The number of aldehydes is 1. The van der Waals surface area contributed by atoms with Gasteiger partial charge in [0.1, 0.15) is 5.75 Å². The molecule has 0 fully saturated rings. The minimum absolute atomic E-state index is 0.232. The molecular weight excluding hydrogens is 242 g/mol. The molecule has 4 nitrogen and oxygen atoms in total. The van der Waals surface area contributed by atoms with E-state index in [0.29, 0.717) is 23.6 Å². The van der Waals surface area contributed by atoms with Crippen LogP contribution in [0.1, 0.15) is 24.2 Å². The van der Waals surface area contributed by atoms with E-state index in [1.807, 2.05) is 6.92 Å². The van der Waals surface area contributed by atoms with Gasteiger partial charge in [0.05, 0.1) is 10.6 Å². The summed E-state index contributed by atoms with van der Waals surface area (Å²) in [4.78, 5) is 22.3. The molecule has 0 radical (unpaired) electrons. The Balaban J connectivity index is 2.84. The second-order valence-corrected chi connectivity index (χ2v) is 3.83. The van der Waals surface area contributed by atoms with Crippen molar-refractivity contribution in [1.82, 2.24) is 5.32 Å². The Labute approximate surface area is 105 Å². The lowest BCUT2D eigenvalue weighted by molar-refractivity contribution is -0.127. The molecule has 0 spiro atoms. The molecule has 1 amide bonds. The van der Waals surface area contributed by atoms with Crippen molar-refractivity contribution in [1.29, 1.82) is 0 Å². The zero-order valence-electron chi connectivity index (χ0n) is 9.70. The Morgan fingerprint density at radius 3 is 2.88 bits per heavy atom. The Bertz CT molecular complexity index is 420.